The summed E-state index contributed by atoms with van der Waals surface area (Å²) in [4.78, 5) is 12.1. The molecule has 1 heterocycles. The van der Waals surface area contributed by atoms with Gasteiger partial charge in [0.15, 0.2) is 5.58 Å². The second kappa shape index (κ2) is 6.42. The lowest BCUT2D eigenvalue weighted by Gasteiger charge is -2.05. The molecule has 0 aliphatic carbocycles. The van der Waals surface area contributed by atoms with Crippen LogP contribution in [-0.4, -0.2) is 11.1 Å². The highest BCUT2D eigenvalue weighted by atomic mass is 35.5. The fourth-order valence-electron chi connectivity index (χ4n) is 2.39. The molecule has 0 saturated carbocycles. The topological polar surface area (TPSA) is 55.1 Å². The van der Waals surface area contributed by atoms with Crippen LogP contribution in [0, 0.1) is 13.8 Å². The summed E-state index contributed by atoms with van der Waals surface area (Å²) < 4.78 is 5.32. The third-order valence-corrected chi connectivity index (χ3v) is 4.14. The molecule has 3 rings (SSSR count). The minimum atomic E-state index is -0.0895. The van der Waals surface area contributed by atoms with Gasteiger partial charge >= 0.3 is 0 Å². The molecule has 2 aromatic carbocycles. The molecule has 118 valence electrons. The minimum Gasteiger partial charge on any atom is -0.356 e. The molecule has 0 atom stereocenters. The maximum Gasteiger partial charge on any atom is 0.226 e. The summed E-state index contributed by atoms with van der Waals surface area (Å²) in [5, 5.41) is 8.49. The van der Waals surface area contributed by atoms with Gasteiger partial charge in [0.1, 0.15) is 5.69 Å². The van der Waals surface area contributed by atoms with Crippen LogP contribution in [0.4, 0.5) is 0 Å². The van der Waals surface area contributed by atoms with Gasteiger partial charge in [-0.05, 0) is 54.8 Å². The van der Waals surface area contributed by atoms with Crippen LogP contribution in [0.2, 0.25) is 5.02 Å². The number of nitrogens with zero attached hydrogens (tertiary/aromatic N) is 1. The van der Waals surface area contributed by atoms with Crippen molar-refractivity contribution in [1.82, 2.24) is 10.5 Å². The fourth-order valence-corrected chi connectivity index (χ4v) is 2.52. The van der Waals surface area contributed by atoms with Crippen LogP contribution in [0.5, 0.6) is 0 Å². The van der Waals surface area contributed by atoms with E-state index in [-0.39, 0.29) is 12.3 Å². The highest BCUT2D eigenvalue weighted by Crippen LogP contribution is 2.23. The zero-order chi connectivity index (χ0) is 16.4. The van der Waals surface area contributed by atoms with Gasteiger partial charge < -0.3 is 9.84 Å². The average molecular weight is 329 g/mol. The number of nitrogens with one attached hydrogen (secondary N) is 1. The van der Waals surface area contributed by atoms with Crippen LogP contribution in [0.1, 0.15) is 22.4 Å². The van der Waals surface area contributed by atoms with Gasteiger partial charge in [-0.1, -0.05) is 28.9 Å². The molecule has 23 heavy (non-hydrogen) atoms. The third-order valence-electron chi connectivity index (χ3n) is 3.89. The molecular formula is C18H17ClN2O2. The van der Waals surface area contributed by atoms with Gasteiger partial charge in [0.25, 0.3) is 0 Å². The second-order valence-corrected chi connectivity index (χ2v) is 6.08. The minimum absolute atomic E-state index is 0.0895. The van der Waals surface area contributed by atoms with Crippen molar-refractivity contribution in [2.75, 3.05) is 0 Å². The van der Waals surface area contributed by atoms with Gasteiger partial charge in [-0.2, -0.15) is 0 Å². The maximum atomic E-state index is 12.1. The molecular weight excluding hydrogens is 312 g/mol. The maximum absolute atomic E-state index is 12.1. The van der Waals surface area contributed by atoms with E-state index >= 15 is 0 Å². The lowest BCUT2D eigenvalue weighted by atomic mass is 10.1. The number of fused-ring (bicyclic) bond motifs is 1. The quantitative estimate of drug-likeness (QED) is 0.788. The van der Waals surface area contributed by atoms with Crippen LogP contribution >= 0.6 is 11.6 Å². The van der Waals surface area contributed by atoms with E-state index in [1.165, 1.54) is 0 Å². The molecule has 1 amide bonds. The van der Waals surface area contributed by atoms with E-state index in [4.69, 9.17) is 16.1 Å². The molecule has 1 N–H and O–H groups in total. The summed E-state index contributed by atoms with van der Waals surface area (Å²) in [6, 6.07) is 11.4. The molecule has 0 unspecified atom stereocenters. The first-order valence-corrected chi connectivity index (χ1v) is 7.77. The summed E-state index contributed by atoms with van der Waals surface area (Å²) in [7, 11) is 0. The van der Waals surface area contributed by atoms with Crippen LogP contribution < -0.4 is 5.32 Å². The van der Waals surface area contributed by atoms with Crippen molar-refractivity contribution in [3.05, 3.63) is 63.8 Å². The first-order chi connectivity index (χ1) is 11.0. The van der Waals surface area contributed by atoms with E-state index in [2.05, 4.69) is 10.5 Å². The SMILES string of the molecule is Cc1cc2onc(CC(=O)NCc3ccc(Cl)cc3)c2cc1C. The average Bonchev–Trinajstić information content (AvgIpc) is 2.89. The fraction of sp³-hybridized carbons (Fsp3) is 0.222. The van der Waals surface area contributed by atoms with Crippen molar-refractivity contribution in [1.29, 1.82) is 0 Å². The molecule has 0 aliphatic rings. The monoisotopic (exact) mass is 328 g/mol. The van der Waals surface area contributed by atoms with E-state index in [1.807, 2.05) is 38.1 Å². The smallest absolute Gasteiger partial charge is 0.226 e. The van der Waals surface area contributed by atoms with Crippen LogP contribution in [-0.2, 0) is 17.8 Å². The van der Waals surface area contributed by atoms with Crippen molar-refractivity contribution in [3.63, 3.8) is 0 Å². The number of benzene rings is 2. The van der Waals surface area contributed by atoms with Gasteiger partial charge in [0.2, 0.25) is 5.91 Å². The zero-order valence-corrected chi connectivity index (χ0v) is 13.8. The lowest BCUT2D eigenvalue weighted by Crippen LogP contribution is -2.24. The molecule has 0 aliphatic heterocycles. The normalized spacial score (nSPS) is 10.9. The summed E-state index contributed by atoms with van der Waals surface area (Å²) in [5.41, 5.74) is 4.68. The number of halogens is 1. The highest BCUT2D eigenvalue weighted by molar-refractivity contribution is 6.30. The van der Waals surface area contributed by atoms with Crippen LogP contribution in [0.15, 0.2) is 40.9 Å². The Balaban J connectivity index is 1.68. The van der Waals surface area contributed by atoms with Gasteiger partial charge in [0, 0.05) is 17.0 Å². The Morgan fingerprint density at radius 3 is 2.61 bits per heavy atom. The Kier molecular flexibility index (Phi) is 4.35. The van der Waals surface area contributed by atoms with Gasteiger partial charge in [0.05, 0.1) is 6.42 Å². The number of carbonyl (C=O) groups excluding carboxylic acids is 1. The second-order valence-electron chi connectivity index (χ2n) is 5.64. The van der Waals surface area contributed by atoms with E-state index in [1.54, 1.807) is 12.1 Å². The summed E-state index contributed by atoms with van der Waals surface area (Å²) in [5.74, 6) is -0.0895. The predicted molar refractivity (Wildman–Crippen MR) is 90.5 cm³/mol. The van der Waals surface area contributed by atoms with Gasteiger partial charge in [-0.25, -0.2) is 0 Å². The lowest BCUT2D eigenvalue weighted by molar-refractivity contribution is -0.120. The summed E-state index contributed by atoms with van der Waals surface area (Å²) >= 11 is 5.84. The van der Waals surface area contributed by atoms with Crippen molar-refractivity contribution in [3.8, 4) is 0 Å². The standard InChI is InChI=1S/C18H17ClN2O2/c1-11-7-15-16(21-23-17(15)8-12(11)2)9-18(22)20-10-13-3-5-14(19)6-4-13/h3-8H,9-10H2,1-2H3,(H,20,22). The zero-order valence-electron chi connectivity index (χ0n) is 13.0. The number of hydrogen-bond donors (Lipinski definition) is 1. The van der Waals surface area contributed by atoms with Crippen molar-refractivity contribution in [2.24, 2.45) is 0 Å². The number of aryl methyl sites for hydroxylation is 2. The molecule has 0 bridgehead atoms. The van der Waals surface area contributed by atoms with Crippen LogP contribution in [0.25, 0.3) is 11.0 Å². The summed E-state index contributed by atoms with van der Waals surface area (Å²) in [6.45, 7) is 4.52. The van der Waals surface area contributed by atoms with Gasteiger partial charge in [-0.3, -0.25) is 4.79 Å². The Morgan fingerprint density at radius 1 is 1.17 bits per heavy atom. The van der Waals surface area contributed by atoms with E-state index in [0.29, 0.717) is 22.8 Å². The molecule has 1 aromatic heterocycles. The number of carbonyl (C=O) groups is 1. The number of aromatic nitrogens is 1. The van der Waals surface area contributed by atoms with E-state index < -0.39 is 0 Å². The number of amides is 1. The number of rotatable bonds is 4. The van der Waals surface area contributed by atoms with E-state index in [9.17, 15) is 4.79 Å². The Bertz CT molecular complexity index is 853. The predicted octanol–water partition coefficient (Wildman–Crippen LogP) is 3.96. The Morgan fingerprint density at radius 2 is 1.87 bits per heavy atom. The van der Waals surface area contributed by atoms with Crippen LogP contribution in [0.3, 0.4) is 0 Å². The Hall–Kier alpha value is -2.33. The first kappa shape index (κ1) is 15.6. The van der Waals surface area contributed by atoms with Crippen molar-refractivity contribution < 1.29 is 9.32 Å². The van der Waals surface area contributed by atoms with Crippen molar-refractivity contribution >= 4 is 28.5 Å². The molecule has 0 radical (unpaired) electrons. The number of hydrogen-bond acceptors (Lipinski definition) is 3. The molecule has 0 fully saturated rings. The van der Waals surface area contributed by atoms with Gasteiger partial charge in [-0.15, -0.1) is 0 Å². The van der Waals surface area contributed by atoms with Crippen molar-refractivity contribution in [2.45, 2.75) is 26.8 Å². The largest absolute Gasteiger partial charge is 0.356 e. The molecule has 0 spiro atoms. The molecule has 3 aromatic rings. The molecule has 5 heteroatoms. The highest BCUT2D eigenvalue weighted by Gasteiger charge is 2.13. The summed E-state index contributed by atoms with van der Waals surface area (Å²) in [6.07, 6.45) is 0.198. The molecule has 4 nitrogen and oxygen atoms in total. The first-order valence-electron chi connectivity index (χ1n) is 7.39. The molecule has 0 saturated heterocycles. The van der Waals surface area contributed by atoms with E-state index in [0.717, 1.165) is 22.1 Å². The Labute approximate surface area is 139 Å². The third kappa shape index (κ3) is 3.54.